The van der Waals surface area contributed by atoms with E-state index in [0.29, 0.717) is 37.5 Å². The molecule has 186 valence electrons. The first-order chi connectivity index (χ1) is 17.0. The van der Waals surface area contributed by atoms with E-state index in [9.17, 15) is 4.79 Å². The highest BCUT2D eigenvalue weighted by Crippen LogP contribution is 2.32. The predicted octanol–water partition coefficient (Wildman–Crippen LogP) is 5.11. The van der Waals surface area contributed by atoms with Gasteiger partial charge in [-0.05, 0) is 42.7 Å². The minimum absolute atomic E-state index is 0.0836. The van der Waals surface area contributed by atoms with Gasteiger partial charge < -0.3 is 28.6 Å². The largest absolute Gasteiger partial charge is 0.497 e. The normalized spacial score (nSPS) is 21.7. The highest BCUT2D eigenvalue weighted by molar-refractivity contribution is 5.71. The van der Waals surface area contributed by atoms with Crippen LogP contribution in [0.3, 0.4) is 0 Å². The third kappa shape index (κ3) is 5.73. The number of carbonyl (C=O) groups is 1. The summed E-state index contributed by atoms with van der Waals surface area (Å²) in [6, 6.07) is 15.8. The standard InChI is InChI=1S/C28H33NO6/c1-19-23(14-21-10-12-24(31-2)26(15-21)32-3)29(28(30)35-19)17-22-11-13-25(27(16-22)33-4)34-18-20-8-6-5-7-9-20/h5-13,15,19,22-23H,14,16-18H2,1-4H3/t19?,22?,23-/m0/s1. The van der Waals surface area contributed by atoms with Gasteiger partial charge in [0.25, 0.3) is 0 Å². The number of nitrogens with zero attached hydrogens (tertiary/aromatic N) is 1. The van der Waals surface area contributed by atoms with Crippen LogP contribution >= 0.6 is 0 Å². The fourth-order valence-corrected chi connectivity index (χ4v) is 4.58. The van der Waals surface area contributed by atoms with Gasteiger partial charge in [0, 0.05) is 18.9 Å². The molecule has 2 unspecified atom stereocenters. The molecular weight excluding hydrogens is 446 g/mol. The smallest absolute Gasteiger partial charge is 0.410 e. The van der Waals surface area contributed by atoms with Gasteiger partial charge >= 0.3 is 6.09 Å². The number of hydrogen-bond donors (Lipinski definition) is 0. The first kappa shape index (κ1) is 24.5. The van der Waals surface area contributed by atoms with Gasteiger partial charge in [0.1, 0.15) is 18.5 Å². The second-order valence-electron chi connectivity index (χ2n) is 8.79. The maximum Gasteiger partial charge on any atom is 0.410 e. The average Bonchev–Trinajstić information content (AvgIpc) is 3.15. The first-order valence-corrected chi connectivity index (χ1v) is 11.8. The molecule has 2 aromatic rings. The molecule has 0 radical (unpaired) electrons. The second kappa shape index (κ2) is 11.2. The van der Waals surface area contributed by atoms with Crippen molar-refractivity contribution >= 4 is 6.09 Å². The Morgan fingerprint density at radius 3 is 2.46 bits per heavy atom. The molecule has 7 heteroatoms. The Labute approximate surface area is 206 Å². The van der Waals surface area contributed by atoms with Gasteiger partial charge in [-0.25, -0.2) is 4.79 Å². The zero-order chi connectivity index (χ0) is 24.8. The predicted molar refractivity (Wildman–Crippen MR) is 132 cm³/mol. The lowest BCUT2D eigenvalue weighted by atomic mass is 9.95. The molecule has 2 aromatic carbocycles. The molecule has 1 heterocycles. The molecule has 0 aromatic heterocycles. The number of carbonyl (C=O) groups excluding carboxylic acids is 1. The summed E-state index contributed by atoms with van der Waals surface area (Å²) in [6.07, 6.45) is 4.84. The Morgan fingerprint density at radius 2 is 1.74 bits per heavy atom. The summed E-state index contributed by atoms with van der Waals surface area (Å²) in [6.45, 7) is 2.95. The lowest BCUT2D eigenvalue weighted by Crippen LogP contribution is -2.40. The van der Waals surface area contributed by atoms with E-state index in [-0.39, 0.29) is 24.2 Å². The van der Waals surface area contributed by atoms with E-state index < -0.39 is 0 Å². The molecule has 1 aliphatic heterocycles. The second-order valence-corrected chi connectivity index (χ2v) is 8.79. The number of ether oxygens (including phenoxy) is 5. The van der Waals surface area contributed by atoms with Crippen LogP contribution in [0.4, 0.5) is 4.79 Å². The quantitative estimate of drug-likeness (QED) is 0.472. The van der Waals surface area contributed by atoms with Crippen molar-refractivity contribution in [3.63, 3.8) is 0 Å². The van der Waals surface area contributed by atoms with Crippen LogP contribution in [0.5, 0.6) is 11.5 Å². The molecular formula is C28H33NO6. The van der Waals surface area contributed by atoms with E-state index in [4.69, 9.17) is 23.7 Å². The number of cyclic esters (lactones) is 1. The molecule has 0 spiro atoms. The highest BCUT2D eigenvalue weighted by atomic mass is 16.6. The Kier molecular flexibility index (Phi) is 7.85. The highest BCUT2D eigenvalue weighted by Gasteiger charge is 2.40. The van der Waals surface area contributed by atoms with Gasteiger partial charge in [0.05, 0.1) is 27.4 Å². The third-order valence-electron chi connectivity index (χ3n) is 6.51. The molecule has 3 atom stereocenters. The van der Waals surface area contributed by atoms with Crippen LogP contribution in [0.15, 0.2) is 72.2 Å². The summed E-state index contributed by atoms with van der Waals surface area (Å²) < 4.78 is 28.0. The van der Waals surface area contributed by atoms with Crippen LogP contribution < -0.4 is 9.47 Å². The molecule has 0 bridgehead atoms. The van der Waals surface area contributed by atoms with Crippen LogP contribution in [0, 0.1) is 5.92 Å². The molecule has 4 rings (SSSR count). The van der Waals surface area contributed by atoms with Gasteiger partial charge in [-0.15, -0.1) is 0 Å². The molecule has 0 N–H and O–H groups in total. The number of rotatable bonds is 10. The van der Waals surface area contributed by atoms with Crippen LogP contribution in [0.2, 0.25) is 0 Å². The number of amides is 1. The average molecular weight is 480 g/mol. The maximum absolute atomic E-state index is 12.7. The fraction of sp³-hybridized carbons (Fsp3) is 0.393. The van der Waals surface area contributed by atoms with Crippen molar-refractivity contribution in [2.24, 2.45) is 5.92 Å². The van der Waals surface area contributed by atoms with E-state index in [0.717, 1.165) is 22.6 Å². The fourth-order valence-electron chi connectivity index (χ4n) is 4.58. The molecule has 1 saturated heterocycles. The van der Waals surface area contributed by atoms with Crippen molar-refractivity contribution in [1.29, 1.82) is 0 Å². The zero-order valence-electron chi connectivity index (χ0n) is 20.7. The van der Waals surface area contributed by atoms with Crippen LogP contribution in [0.1, 0.15) is 24.5 Å². The summed E-state index contributed by atoms with van der Waals surface area (Å²) >= 11 is 0. The summed E-state index contributed by atoms with van der Waals surface area (Å²) in [4.78, 5) is 14.6. The molecule has 0 saturated carbocycles. The zero-order valence-corrected chi connectivity index (χ0v) is 20.7. The monoisotopic (exact) mass is 479 g/mol. The summed E-state index contributed by atoms with van der Waals surface area (Å²) in [5, 5.41) is 0. The Balaban J connectivity index is 1.42. The van der Waals surface area contributed by atoms with Crippen molar-refractivity contribution in [3.05, 3.63) is 83.3 Å². The summed E-state index contributed by atoms with van der Waals surface area (Å²) in [7, 11) is 4.89. The SMILES string of the molecule is COC1=C(OCc2ccccc2)C=CC(CN2C(=O)OC(C)[C@@H]2Cc2ccc(OC)c(OC)c2)C1. The van der Waals surface area contributed by atoms with Crippen molar-refractivity contribution in [2.45, 2.75) is 38.5 Å². The molecule has 35 heavy (non-hydrogen) atoms. The van der Waals surface area contributed by atoms with Crippen molar-refractivity contribution in [1.82, 2.24) is 4.90 Å². The van der Waals surface area contributed by atoms with Crippen LogP contribution in [-0.4, -0.2) is 51.0 Å². The minimum Gasteiger partial charge on any atom is -0.497 e. The minimum atomic E-state index is -0.287. The molecule has 1 aliphatic carbocycles. The first-order valence-electron chi connectivity index (χ1n) is 11.8. The van der Waals surface area contributed by atoms with E-state index in [1.807, 2.05) is 66.4 Å². The van der Waals surface area contributed by atoms with Gasteiger partial charge in [-0.3, -0.25) is 0 Å². The van der Waals surface area contributed by atoms with E-state index >= 15 is 0 Å². The number of hydrogen-bond acceptors (Lipinski definition) is 6. The molecule has 1 amide bonds. The van der Waals surface area contributed by atoms with E-state index in [2.05, 4.69) is 6.08 Å². The van der Waals surface area contributed by atoms with Crippen molar-refractivity contribution < 1.29 is 28.5 Å². The third-order valence-corrected chi connectivity index (χ3v) is 6.51. The maximum atomic E-state index is 12.7. The number of benzene rings is 2. The van der Waals surface area contributed by atoms with Crippen LogP contribution in [0.25, 0.3) is 0 Å². The Hall–Kier alpha value is -3.61. The molecule has 7 nitrogen and oxygen atoms in total. The van der Waals surface area contributed by atoms with Gasteiger partial charge in [-0.2, -0.15) is 0 Å². The summed E-state index contributed by atoms with van der Waals surface area (Å²) in [5.41, 5.74) is 2.15. The van der Waals surface area contributed by atoms with Crippen molar-refractivity contribution in [2.75, 3.05) is 27.9 Å². The summed E-state index contributed by atoms with van der Waals surface area (Å²) in [5.74, 6) is 2.95. The van der Waals surface area contributed by atoms with Crippen molar-refractivity contribution in [3.8, 4) is 11.5 Å². The lowest BCUT2D eigenvalue weighted by Gasteiger charge is -2.29. The van der Waals surface area contributed by atoms with Gasteiger partial charge in [0.2, 0.25) is 0 Å². The van der Waals surface area contributed by atoms with Gasteiger partial charge in [-0.1, -0.05) is 42.5 Å². The Morgan fingerprint density at radius 1 is 0.971 bits per heavy atom. The molecule has 2 aliphatic rings. The van der Waals surface area contributed by atoms with E-state index in [1.165, 1.54) is 0 Å². The topological polar surface area (TPSA) is 66.5 Å². The Bertz CT molecular complexity index is 1080. The number of methoxy groups -OCH3 is 3. The van der Waals surface area contributed by atoms with Crippen LogP contribution in [-0.2, 0) is 27.2 Å². The number of allylic oxidation sites excluding steroid dienone is 2. The van der Waals surface area contributed by atoms with Gasteiger partial charge in [0.15, 0.2) is 17.3 Å². The van der Waals surface area contributed by atoms with E-state index in [1.54, 1.807) is 21.3 Å². The lowest BCUT2D eigenvalue weighted by molar-refractivity contribution is 0.135. The molecule has 1 fully saturated rings.